The minimum absolute atomic E-state index is 0.238. The molecule has 0 aliphatic heterocycles. The van der Waals surface area contributed by atoms with E-state index in [1.807, 2.05) is 6.92 Å². The highest BCUT2D eigenvalue weighted by atomic mass is 35.5. The molecule has 0 atom stereocenters. The van der Waals surface area contributed by atoms with Crippen LogP contribution in [-0.4, -0.2) is 32.6 Å². The number of halogens is 3. The molecule has 0 unspecified atom stereocenters. The first-order valence-corrected chi connectivity index (χ1v) is 7.56. The lowest BCUT2D eigenvalue weighted by molar-refractivity contribution is 0.0768. The van der Waals surface area contributed by atoms with E-state index in [0.29, 0.717) is 22.7 Å². The van der Waals surface area contributed by atoms with Gasteiger partial charge in [-0.15, -0.1) is 0 Å². The van der Waals surface area contributed by atoms with E-state index in [4.69, 9.17) is 16.3 Å². The van der Waals surface area contributed by atoms with Gasteiger partial charge >= 0.3 is 5.69 Å². The minimum atomic E-state index is -2.67. The molecule has 1 aromatic carbocycles. The van der Waals surface area contributed by atoms with Gasteiger partial charge in [-0.3, -0.25) is 4.98 Å². The van der Waals surface area contributed by atoms with Gasteiger partial charge in [0.15, 0.2) is 12.3 Å². The number of aryl methyl sites for hydroxylation is 1. The number of hydrogen-bond acceptors (Lipinski definition) is 4. The van der Waals surface area contributed by atoms with Crippen LogP contribution in [0.4, 0.5) is 8.78 Å². The number of aromatic amines is 1. The number of H-pyrrole nitrogens is 1. The Hall–Kier alpha value is -2.48. The fourth-order valence-electron chi connectivity index (χ4n) is 2.34. The lowest BCUT2D eigenvalue weighted by Gasteiger charge is -2.05. The highest BCUT2D eigenvalue weighted by Crippen LogP contribution is 2.28. The molecular formula is C15H13ClF2N4O2. The van der Waals surface area contributed by atoms with E-state index >= 15 is 0 Å². The molecule has 3 aromatic rings. The molecule has 0 aliphatic rings. The number of rotatable bonds is 5. The molecule has 6 nitrogen and oxygen atoms in total. The molecular weight excluding hydrogens is 342 g/mol. The summed E-state index contributed by atoms with van der Waals surface area (Å²) in [6.45, 7) is 1.04. The van der Waals surface area contributed by atoms with Crippen molar-refractivity contribution < 1.29 is 13.5 Å². The van der Waals surface area contributed by atoms with E-state index in [1.54, 1.807) is 24.3 Å². The molecule has 0 spiro atoms. The Kier molecular flexibility index (Phi) is 4.48. The van der Waals surface area contributed by atoms with Gasteiger partial charge in [-0.25, -0.2) is 13.6 Å². The summed E-state index contributed by atoms with van der Waals surface area (Å²) in [5.74, 6) is 0. The number of fused-ring (bicyclic) bond motifs is 1. The molecule has 0 saturated heterocycles. The van der Waals surface area contributed by atoms with Crippen LogP contribution in [-0.2, 0) is 6.42 Å². The normalized spacial score (nSPS) is 11.4. The first-order chi connectivity index (χ1) is 11.5. The van der Waals surface area contributed by atoms with Crippen molar-refractivity contribution in [3.05, 3.63) is 45.5 Å². The number of alkyl halides is 2. The van der Waals surface area contributed by atoms with E-state index in [2.05, 4.69) is 15.1 Å². The van der Waals surface area contributed by atoms with Crippen molar-refractivity contribution in [2.75, 3.05) is 6.61 Å². The van der Waals surface area contributed by atoms with Crippen LogP contribution in [0.2, 0.25) is 5.02 Å². The largest absolute Gasteiger partial charge is 0.459 e. The molecule has 0 fully saturated rings. The number of benzene rings is 1. The highest BCUT2D eigenvalue weighted by Gasteiger charge is 2.18. The maximum atomic E-state index is 12.3. The van der Waals surface area contributed by atoms with Crippen molar-refractivity contribution in [3.63, 3.8) is 0 Å². The molecule has 2 aromatic heterocycles. The Morgan fingerprint density at radius 1 is 1.33 bits per heavy atom. The van der Waals surface area contributed by atoms with E-state index in [-0.39, 0.29) is 11.7 Å². The maximum Gasteiger partial charge on any atom is 0.352 e. The lowest BCUT2D eigenvalue weighted by Crippen LogP contribution is -2.21. The molecule has 1 N–H and O–H groups in total. The van der Waals surface area contributed by atoms with Crippen molar-refractivity contribution in [2.24, 2.45) is 0 Å². The SMILES string of the molecule is CCc1nn2c(=O)[nH]c(OCC(F)F)nc2c1-c1ccc(Cl)cc1. The summed E-state index contributed by atoms with van der Waals surface area (Å²) in [6.07, 6.45) is -2.10. The third-order valence-electron chi connectivity index (χ3n) is 3.36. The Bertz CT molecular complexity index is 922. The van der Waals surface area contributed by atoms with E-state index in [1.165, 1.54) is 0 Å². The number of hydrogen-bond donors (Lipinski definition) is 1. The fraction of sp³-hybridized carbons (Fsp3) is 0.267. The van der Waals surface area contributed by atoms with Gasteiger partial charge in [0, 0.05) is 5.02 Å². The van der Waals surface area contributed by atoms with Gasteiger partial charge in [0.2, 0.25) is 0 Å². The monoisotopic (exact) mass is 354 g/mol. The smallest absolute Gasteiger partial charge is 0.352 e. The molecule has 9 heteroatoms. The Morgan fingerprint density at radius 2 is 2.04 bits per heavy atom. The second-order valence-electron chi connectivity index (χ2n) is 4.97. The second-order valence-corrected chi connectivity index (χ2v) is 5.40. The summed E-state index contributed by atoms with van der Waals surface area (Å²) in [6, 6.07) is 6.70. The average molecular weight is 355 g/mol. The number of ether oxygens (including phenoxy) is 1. The average Bonchev–Trinajstić information content (AvgIpc) is 2.93. The lowest BCUT2D eigenvalue weighted by atomic mass is 10.0. The summed E-state index contributed by atoms with van der Waals surface area (Å²) in [5, 5.41) is 4.81. The van der Waals surface area contributed by atoms with Gasteiger partial charge in [0.1, 0.15) is 0 Å². The molecule has 24 heavy (non-hydrogen) atoms. The zero-order chi connectivity index (χ0) is 17.3. The van der Waals surface area contributed by atoms with Crippen LogP contribution in [0.1, 0.15) is 12.6 Å². The molecule has 0 radical (unpaired) electrons. The quantitative estimate of drug-likeness (QED) is 0.764. The van der Waals surface area contributed by atoms with Crippen molar-refractivity contribution in [2.45, 2.75) is 19.8 Å². The van der Waals surface area contributed by atoms with Crippen LogP contribution < -0.4 is 10.4 Å². The molecule has 0 amide bonds. The Balaban J connectivity index is 2.18. The van der Waals surface area contributed by atoms with E-state index < -0.39 is 18.7 Å². The third-order valence-corrected chi connectivity index (χ3v) is 3.61. The maximum absolute atomic E-state index is 12.3. The fourth-order valence-corrected chi connectivity index (χ4v) is 2.46. The molecule has 0 aliphatic carbocycles. The second kappa shape index (κ2) is 6.56. The van der Waals surface area contributed by atoms with Gasteiger partial charge in [0.05, 0.1) is 11.3 Å². The van der Waals surface area contributed by atoms with Crippen LogP contribution in [0.5, 0.6) is 6.01 Å². The molecule has 0 bridgehead atoms. The van der Waals surface area contributed by atoms with Gasteiger partial charge in [-0.2, -0.15) is 14.6 Å². The Labute approximate surface area is 140 Å². The van der Waals surface area contributed by atoms with Gasteiger partial charge in [-0.1, -0.05) is 30.7 Å². The van der Waals surface area contributed by atoms with Crippen LogP contribution in [0.3, 0.4) is 0 Å². The van der Waals surface area contributed by atoms with Crippen LogP contribution in [0, 0.1) is 0 Å². The van der Waals surface area contributed by atoms with Gasteiger partial charge < -0.3 is 4.74 Å². The standard InChI is InChI=1S/C15H13ClF2N4O2/c1-2-10-12(8-3-5-9(16)6-4-8)13-19-14(24-7-11(17)18)20-15(23)22(13)21-10/h3-6,11H,2,7H2,1H3,(H,19,20,23). The predicted molar refractivity (Wildman–Crippen MR) is 84.9 cm³/mol. The summed E-state index contributed by atoms with van der Waals surface area (Å²) < 4.78 is 30.5. The van der Waals surface area contributed by atoms with Crippen molar-refractivity contribution in [3.8, 4) is 17.1 Å². The van der Waals surface area contributed by atoms with Crippen LogP contribution in [0.25, 0.3) is 16.8 Å². The summed E-state index contributed by atoms with van der Waals surface area (Å²) >= 11 is 5.90. The molecule has 0 saturated carbocycles. The summed E-state index contributed by atoms with van der Waals surface area (Å²) in [7, 11) is 0. The van der Waals surface area contributed by atoms with E-state index in [9.17, 15) is 13.6 Å². The zero-order valence-corrected chi connectivity index (χ0v) is 13.3. The summed E-state index contributed by atoms with van der Waals surface area (Å²) in [5.41, 5.74) is 1.69. The molecule has 126 valence electrons. The van der Waals surface area contributed by atoms with Crippen LogP contribution in [0.15, 0.2) is 29.1 Å². The highest BCUT2D eigenvalue weighted by molar-refractivity contribution is 6.30. The van der Waals surface area contributed by atoms with Crippen LogP contribution >= 0.6 is 11.6 Å². The van der Waals surface area contributed by atoms with Crippen molar-refractivity contribution in [1.29, 1.82) is 0 Å². The first-order valence-electron chi connectivity index (χ1n) is 7.18. The molecule has 2 heterocycles. The van der Waals surface area contributed by atoms with Gasteiger partial charge in [-0.05, 0) is 24.1 Å². The number of nitrogens with one attached hydrogen (secondary N) is 1. The summed E-state index contributed by atoms with van der Waals surface area (Å²) in [4.78, 5) is 18.5. The topological polar surface area (TPSA) is 72.3 Å². The first kappa shape index (κ1) is 16.4. The zero-order valence-electron chi connectivity index (χ0n) is 12.6. The third kappa shape index (κ3) is 3.09. The Morgan fingerprint density at radius 3 is 2.67 bits per heavy atom. The predicted octanol–water partition coefficient (Wildman–Crippen LogP) is 2.94. The number of aromatic nitrogens is 4. The molecule has 3 rings (SSSR count). The van der Waals surface area contributed by atoms with E-state index in [0.717, 1.165) is 10.1 Å². The van der Waals surface area contributed by atoms with Gasteiger partial charge in [0.25, 0.3) is 12.4 Å². The van der Waals surface area contributed by atoms with Crippen molar-refractivity contribution in [1.82, 2.24) is 19.6 Å². The number of nitrogens with zero attached hydrogens (tertiary/aromatic N) is 3. The minimum Gasteiger partial charge on any atom is -0.459 e. The van der Waals surface area contributed by atoms with Crippen molar-refractivity contribution >= 4 is 17.2 Å².